The molecule has 1 fully saturated rings. The maximum atomic E-state index is 7.51. The third-order valence-electron chi connectivity index (χ3n) is 0.832. The van der Waals surface area contributed by atoms with Gasteiger partial charge in [-0.3, -0.25) is 0 Å². The maximum Gasteiger partial charge on any atom is 0.0944 e. The van der Waals surface area contributed by atoms with Crippen molar-refractivity contribution in [1.82, 2.24) is 0 Å². The van der Waals surface area contributed by atoms with E-state index >= 15 is 0 Å². The molecule has 1 aliphatic heterocycles. The summed E-state index contributed by atoms with van der Waals surface area (Å²) in [6.07, 6.45) is 4.86. The van der Waals surface area contributed by atoms with Crippen LogP contribution in [0.1, 0.15) is 0 Å². The monoisotopic (exact) mass is 199 g/mol. The van der Waals surface area contributed by atoms with Crippen LogP contribution in [0.2, 0.25) is 0 Å². The summed E-state index contributed by atoms with van der Waals surface area (Å²) in [4.78, 5) is 0. The third-order valence-corrected chi connectivity index (χ3v) is 1.18. The molecule has 0 bridgehead atoms. The van der Waals surface area contributed by atoms with Crippen LogP contribution >= 0.6 is 11.6 Å². The summed E-state index contributed by atoms with van der Waals surface area (Å²) in [6, 6.07) is 1.69. The molecule has 0 aromatic carbocycles. The SMILES string of the molecule is C=CC#N.C=CC=C.ClCC1CO1. The number of hydrogen-bond donors (Lipinski definition) is 0. The molecule has 0 radical (unpaired) electrons. The van der Waals surface area contributed by atoms with Crippen molar-refractivity contribution in [3.63, 3.8) is 0 Å². The lowest BCUT2D eigenvalue weighted by molar-refractivity contribution is 0.425. The highest BCUT2D eigenvalue weighted by Gasteiger charge is 2.19. The van der Waals surface area contributed by atoms with Crippen LogP contribution in [0.5, 0.6) is 0 Å². The fraction of sp³-hybridized carbons (Fsp3) is 0.300. The van der Waals surface area contributed by atoms with Gasteiger partial charge in [-0.25, -0.2) is 0 Å². The van der Waals surface area contributed by atoms with E-state index in [-0.39, 0.29) is 0 Å². The Labute approximate surface area is 84.8 Å². The van der Waals surface area contributed by atoms with Crippen molar-refractivity contribution in [1.29, 1.82) is 5.26 Å². The maximum absolute atomic E-state index is 7.51. The molecule has 1 heterocycles. The minimum Gasteiger partial charge on any atom is -0.372 e. The highest BCUT2D eigenvalue weighted by Crippen LogP contribution is 2.08. The van der Waals surface area contributed by atoms with Gasteiger partial charge in [-0.1, -0.05) is 31.9 Å². The Kier molecular flexibility index (Phi) is 15.1. The van der Waals surface area contributed by atoms with Crippen molar-refractivity contribution < 1.29 is 4.74 Å². The molecule has 72 valence electrons. The summed E-state index contributed by atoms with van der Waals surface area (Å²) < 4.78 is 4.73. The zero-order chi connectivity index (χ0) is 10.5. The molecule has 0 spiro atoms. The topological polar surface area (TPSA) is 36.3 Å². The van der Waals surface area contributed by atoms with Gasteiger partial charge in [0.2, 0.25) is 0 Å². The minimum absolute atomic E-state index is 0.400. The molecule has 0 amide bonds. The van der Waals surface area contributed by atoms with Gasteiger partial charge in [-0.2, -0.15) is 5.26 Å². The van der Waals surface area contributed by atoms with Gasteiger partial charge < -0.3 is 4.74 Å². The molecule has 1 atom stereocenters. The van der Waals surface area contributed by atoms with Gasteiger partial charge in [-0.15, -0.1) is 11.6 Å². The van der Waals surface area contributed by atoms with E-state index in [1.54, 1.807) is 18.2 Å². The van der Waals surface area contributed by atoms with Crippen LogP contribution in [0.4, 0.5) is 0 Å². The predicted octanol–water partition coefficient (Wildman–Crippen LogP) is 2.68. The summed E-state index contributed by atoms with van der Waals surface area (Å²) in [5.74, 6) is 0.667. The van der Waals surface area contributed by atoms with Gasteiger partial charge in [0.25, 0.3) is 0 Å². The summed E-state index contributed by atoms with van der Waals surface area (Å²) in [5.41, 5.74) is 0. The number of nitrogens with zero attached hydrogens (tertiary/aromatic N) is 1. The molecular weight excluding hydrogens is 186 g/mol. The van der Waals surface area contributed by atoms with Crippen LogP contribution in [0.3, 0.4) is 0 Å². The van der Waals surface area contributed by atoms with E-state index < -0.39 is 0 Å². The highest BCUT2D eigenvalue weighted by atomic mass is 35.5. The molecule has 1 unspecified atom stereocenters. The van der Waals surface area contributed by atoms with Gasteiger partial charge in [0.05, 0.1) is 24.7 Å². The van der Waals surface area contributed by atoms with Gasteiger partial charge in [-0.05, 0) is 0 Å². The van der Waals surface area contributed by atoms with Crippen molar-refractivity contribution in [2.24, 2.45) is 0 Å². The zero-order valence-electron chi connectivity index (χ0n) is 7.58. The van der Waals surface area contributed by atoms with Crippen molar-refractivity contribution >= 4 is 11.6 Å². The summed E-state index contributed by atoms with van der Waals surface area (Å²) >= 11 is 5.27. The first-order valence-corrected chi connectivity index (χ1v) is 4.21. The average molecular weight is 200 g/mol. The van der Waals surface area contributed by atoms with Crippen LogP contribution in [0.25, 0.3) is 0 Å². The molecule has 0 aliphatic carbocycles. The largest absolute Gasteiger partial charge is 0.372 e. The van der Waals surface area contributed by atoms with Crippen LogP contribution in [0.15, 0.2) is 38.0 Å². The lowest BCUT2D eigenvalue weighted by atomic mass is 10.6. The molecule has 0 aromatic heterocycles. The zero-order valence-corrected chi connectivity index (χ0v) is 8.33. The number of epoxide rings is 1. The molecule has 1 aliphatic rings. The fourth-order valence-electron chi connectivity index (χ4n) is 0.157. The van der Waals surface area contributed by atoms with Gasteiger partial charge in [0.15, 0.2) is 0 Å². The number of rotatable bonds is 2. The second-order valence-electron chi connectivity index (χ2n) is 1.91. The molecule has 2 nitrogen and oxygen atoms in total. The normalized spacial score (nSPS) is 15.8. The van der Waals surface area contributed by atoms with Gasteiger partial charge in [0.1, 0.15) is 0 Å². The van der Waals surface area contributed by atoms with E-state index in [1.807, 2.05) is 0 Å². The quantitative estimate of drug-likeness (QED) is 0.297. The molecule has 1 saturated heterocycles. The van der Waals surface area contributed by atoms with E-state index in [0.717, 1.165) is 6.61 Å². The number of nitriles is 1. The van der Waals surface area contributed by atoms with E-state index in [4.69, 9.17) is 21.6 Å². The van der Waals surface area contributed by atoms with Crippen molar-refractivity contribution in [3.05, 3.63) is 38.0 Å². The minimum atomic E-state index is 0.400. The van der Waals surface area contributed by atoms with Crippen molar-refractivity contribution in [2.45, 2.75) is 6.10 Å². The predicted molar refractivity (Wildman–Crippen MR) is 56.7 cm³/mol. The Bertz CT molecular complexity index is 174. The van der Waals surface area contributed by atoms with E-state index in [1.165, 1.54) is 6.08 Å². The number of ether oxygens (including phenoxy) is 1. The van der Waals surface area contributed by atoms with E-state index in [9.17, 15) is 0 Å². The standard InChI is InChI=1S/C4H6.C3H5ClO.C3H3N/c1-3-4-2;4-1-3-2-5-3;1-2-3-4/h3-4H,1-2H2;3H,1-2H2;2H,1H2. The first kappa shape index (κ1) is 14.5. The van der Waals surface area contributed by atoms with Crippen molar-refractivity contribution in [3.8, 4) is 6.07 Å². The smallest absolute Gasteiger partial charge is 0.0944 e. The van der Waals surface area contributed by atoms with Gasteiger partial charge in [0, 0.05) is 6.08 Å². The fourth-order valence-corrected chi connectivity index (χ4v) is 0.335. The van der Waals surface area contributed by atoms with Crippen LogP contribution in [-0.2, 0) is 4.74 Å². The van der Waals surface area contributed by atoms with Crippen molar-refractivity contribution in [2.75, 3.05) is 12.5 Å². The lowest BCUT2D eigenvalue weighted by Gasteiger charge is -1.67. The first-order chi connectivity index (χ1) is 6.26. The average Bonchev–Trinajstić information content (AvgIpc) is 3.02. The Morgan fingerprint density at radius 2 is 1.85 bits per heavy atom. The molecule has 13 heavy (non-hydrogen) atoms. The Morgan fingerprint density at radius 1 is 1.46 bits per heavy atom. The summed E-state index contributed by atoms with van der Waals surface area (Å²) in [5, 5.41) is 7.51. The van der Waals surface area contributed by atoms with Crippen LogP contribution < -0.4 is 0 Å². The Hall–Kier alpha value is -1.04. The highest BCUT2D eigenvalue weighted by molar-refractivity contribution is 6.18. The van der Waals surface area contributed by atoms with Gasteiger partial charge >= 0.3 is 0 Å². The summed E-state index contributed by atoms with van der Waals surface area (Å²) in [6.45, 7) is 10.7. The summed E-state index contributed by atoms with van der Waals surface area (Å²) in [7, 11) is 0. The Morgan fingerprint density at radius 3 is 1.85 bits per heavy atom. The molecule has 1 rings (SSSR count). The number of hydrogen-bond acceptors (Lipinski definition) is 2. The molecule has 3 heteroatoms. The van der Waals surface area contributed by atoms with Crippen LogP contribution in [-0.4, -0.2) is 18.6 Å². The van der Waals surface area contributed by atoms with E-state index in [0.29, 0.717) is 12.0 Å². The Balaban J connectivity index is 0. The van der Waals surface area contributed by atoms with Crippen LogP contribution in [0, 0.1) is 11.3 Å². The number of alkyl halides is 1. The second-order valence-corrected chi connectivity index (χ2v) is 2.22. The number of halogens is 1. The first-order valence-electron chi connectivity index (χ1n) is 3.68. The molecule has 0 saturated carbocycles. The third kappa shape index (κ3) is 24.8. The molecule has 0 N–H and O–H groups in total. The lowest BCUT2D eigenvalue weighted by Crippen LogP contribution is -1.80. The molecular formula is C10H14ClNO. The second kappa shape index (κ2) is 13.5. The molecule has 0 aromatic rings. The van der Waals surface area contributed by atoms with E-state index in [2.05, 4.69) is 19.7 Å². The number of allylic oxidation sites excluding steroid dienone is 3.